The van der Waals surface area contributed by atoms with Crippen molar-refractivity contribution >= 4 is 5.91 Å². The molecule has 1 amide bonds. The number of rotatable bonds is 4. The lowest BCUT2D eigenvalue weighted by Gasteiger charge is -2.39. The summed E-state index contributed by atoms with van der Waals surface area (Å²) in [5.74, 6) is 0.906. The first-order valence-electron chi connectivity index (χ1n) is 8.75. The number of pyridine rings is 1. The molecule has 0 aliphatic carbocycles. The number of likely N-dealkylation sites (tertiary alicyclic amines) is 1. The van der Waals surface area contributed by atoms with Gasteiger partial charge >= 0.3 is 0 Å². The molecule has 0 bridgehead atoms. The van der Waals surface area contributed by atoms with E-state index in [-0.39, 0.29) is 5.91 Å². The molecule has 23 heavy (non-hydrogen) atoms. The number of piperazine rings is 1. The first-order valence-corrected chi connectivity index (χ1v) is 8.75. The normalized spacial score (nSPS) is 26.6. The summed E-state index contributed by atoms with van der Waals surface area (Å²) in [5, 5.41) is 0. The summed E-state index contributed by atoms with van der Waals surface area (Å²) in [6.07, 6.45) is 2.90. The van der Waals surface area contributed by atoms with Crippen LogP contribution in [0.3, 0.4) is 0 Å². The van der Waals surface area contributed by atoms with Crippen molar-refractivity contribution in [1.82, 2.24) is 19.7 Å². The minimum atomic E-state index is 0.209. The second-order valence-corrected chi connectivity index (χ2v) is 6.92. The summed E-state index contributed by atoms with van der Waals surface area (Å²) in [6.45, 7) is 11.2. The fraction of sp³-hybridized carbons (Fsp3) is 0.667. The zero-order chi connectivity index (χ0) is 16.2. The summed E-state index contributed by atoms with van der Waals surface area (Å²) in [4.78, 5) is 23.0. The van der Waals surface area contributed by atoms with Crippen molar-refractivity contribution < 1.29 is 4.79 Å². The average Bonchev–Trinajstić information content (AvgIpc) is 2.95. The van der Waals surface area contributed by atoms with Gasteiger partial charge in [0.05, 0.1) is 0 Å². The van der Waals surface area contributed by atoms with Crippen LogP contribution in [-0.4, -0.2) is 77.4 Å². The van der Waals surface area contributed by atoms with Gasteiger partial charge in [-0.15, -0.1) is 0 Å². The number of carbonyl (C=O) groups excluding carboxylic acids is 1. The maximum Gasteiger partial charge on any atom is 0.219 e. The van der Waals surface area contributed by atoms with E-state index in [0.29, 0.717) is 12.0 Å². The van der Waals surface area contributed by atoms with Crippen molar-refractivity contribution in [2.24, 2.45) is 5.92 Å². The van der Waals surface area contributed by atoms with E-state index in [2.05, 4.69) is 33.8 Å². The van der Waals surface area contributed by atoms with Crippen LogP contribution in [-0.2, 0) is 11.2 Å². The molecule has 5 heteroatoms. The molecule has 5 nitrogen and oxygen atoms in total. The van der Waals surface area contributed by atoms with Crippen LogP contribution in [0, 0.1) is 5.92 Å². The van der Waals surface area contributed by atoms with Gasteiger partial charge in [-0.1, -0.05) is 13.0 Å². The highest BCUT2D eigenvalue weighted by molar-refractivity contribution is 5.73. The van der Waals surface area contributed by atoms with Crippen molar-refractivity contribution in [3.63, 3.8) is 0 Å². The van der Waals surface area contributed by atoms with Gasteiger partial charge in [0.15, 0.2) is 0 Å². The van der Waals surface area contributed by atoms with Crippen LogP contribution >= 0.6 is 0 Å². The van der Waals surface area contributed by atoms with Crippen molar-refractivity contribution in [3.05, 3.63) is 30.1 Å². The van der Waals surface area contributed by atoms with Crippen LogP contribution in [0.4, 0.5) is 0 Å². The summed E-state index contributed by atoms with van der Waals surface area (Å²) in [6, 6.07) is 6.77. The number of carbonyl (C=O) groups is 1. The van der Waals surface area contributed by atoms with Gasteiger partial charge in [0.25, 0.3) is 0 Å². The number of aromatic nitrogens is 1. The molecule has 0 radical (unpaired) electrons. The molecule has 2 aliphatic heterocycles. The van der Waals surface area contributed by atoms with E-state index < -0.39 is 0 Å². The molecule has 0 aromatic carbocycles. The highest BCUT2D eigenvalue weighted by atomic mass is 16.2. The van der Waals surface area contributed by atoms with Crippen LogP contribution in [0.25, 0.3) is 0 Å². The third kappa shape index (κ3) is 4.09. The molecular weight excluding hydrogens is 288 g/mol. The molecule has 126 valence electrons. The van der Waals surface area contributed by atoms with E-state index in [0.717, 1.165) is 45.7 Å². The topological polar surface area (TPSA) is 39.7 Å². The van der Waals surface area contributed by atoms with E-state index in [1.54, 1.807) is 6.92 Å². The third-order valence-corrected chi connectivity index (χ3v) is 5.29. The Morgan fingerprint density at radius 2 is 2.00 bits per heavy atom. The Morgan fingerprint density at radius 3 is 2.65 bits per heavy atom. The van der Waals surface area contributed by atoms with Gasteiger partial charge in [0.1, 0.15) is 0 Å². The fourth-order valence-corrected chi connectivity index (χ4v) is 3.89. The van der Waals surface area contributed by atoms with Crippen molar-refractivity contribution in [3.8, 4) is 0 Å². The Kier molecular flexibility index (Phi) is 5.28. The minimum absolute atomic E-state index is 0.209. The Labute approximate surface area is 139 Å². The van der Waals surface area contributed by atoms with E-state index in [9.17, 15) is 4.79 Å². The molecule has 3 rings (SSSR count). The molecule has 2 aliphatic rings. The molecule has 2 saturated heterocycles. The van der Waals surface area contributed by atoms with Crippen molar-refractivity contribution in [2.75, 3.05) is 45.8 Å². The quantitative estimate of drug-likeness (QED) is 0.834. The van der Waals surface area contributed by atoms with Gasteiger partial charge in [0, 0.05) is 77.1 Å². The maximum absolute atomic E-state index is 11.5. The largest absolute Gasteiger partial charge is 0.340 e. The highest BCUT2D eigenvalue weighted by Crippen LogP contribution is 2.23. The second kappa shape index (κ2) is 7.41. The minimum Gasteiger partial charge on any atom is -0.340 e. The molecular formula is C18H28N4O. The lowest BCUT2D eigenvalue weighted by molar-refractivity contribution is -0.130. The van der Waals surface area contributed by atoms with Gasteiger partial charge in [-0.2, -0.15) is 0 Å². The lowest BCUT2D eigenvalue weighted by Crippen LogP contribution is -2.53. The first-order chi connectivity index (χ1) is 11.1. The van der Waals surface area contributed by atoms with E-state index in [1.165, 1.54) is 12.2 Å². The predicted molar refractivity (Wildman–Crippen MR) is 91.2 cm³/mol. The standard InChI is InChI=1S/C18H28N4O/c1-15-13-20(8-6-17-5-3-4-7-19-17)14-18(15)22-11-9-21(10-12-22)16(2)23/h3-5,7,15,18H,6,8-14H2,1-2H3. The Morgan fingerprint density at radius 1 is 1.22 bits per heavy atom. The van der Waals surface area contributed by atoms with Crippen molar-refractivity contribution in [2.45, 2.75) is 26.3 Å². The molecule has 1 aromatic heterocycles. The van der Waals surface area contributed by atoms with E-state index in [1.807, 2.05) is 17.2 Å². The van der Waals surface area contributed by atoms with Gasteiger partial charge in [-0.3, -0.25) is 14.7 Å². The summed E-state index contributed by atoms with van der Waals surface area (Å²) in [7, 11) is 0. The average molecular weight is 316 g/mol. The molecule has 2 unspecified atom stereocenters. The van der Waals surface area contributed by atoms with Gasteiger partial charge in [-0.05, 0) is 18.1 Å². The van der Waals surface area contributed by atoms with E-state index in [4.69, 9.17) is 0 Å². The Bertz CT molecular complexity index is 513. The third-order valence-electron chi connectivity index (χ3n) is 5.29. The SMILES string of the molecule is CC(=O)N1CCN(C2CN(CCc3ccccn3)CC2C)CC1. The molecule has 1 aromatic rings. The summed E-state index contributed by atoms with van der Waals surface area (Å²) < 4.78 is 0. The lowest BCUT2D eigenvalue weighted by atomic mass is 10.0. The highest BCUT2D eigenvalue weighted by Gasteiger charge is 2.35. The molecule has 0 spiro atoms. The Balaban J connectivity index is 1.48. The molecule has 3 heterocycles. The predicted octanol–water partition coefficient (Wildman–Crippen LogP) is 1.11. The summed E-state index contributed by atoms with van der Waals surface area (Å²) in [5.41, 5.74) is 1.18. The van der Waals surface area contributed by atoms with Crippen LogP contribution in [0.5, 0.6) is 0 Å². The van der Waals surface area contributed by atoms with Crippen LogP contribution in [0.15, 0.2) is 24.4 Å². The van der Waals surface area contributed by atoms with Crippen LogP contribution in [0.2, 0.25) is 0 Å². The zero-order valence-corrected chi connectivity index (χ0v) is 14.3. The second-order valence-electron chi connectivity index (χ2n) is 6.92. The first kappa shape index (κ1) is 16.4. The number of amides is 1. The molecule has 2 fully saturated rings. The number of nitrogens with zero attached hydrogens (tertiary/aromatic N) is 4. The smallest absolute Gasteiger partial charge is 0.219 e. The van der Waals surface area contributed by atoms with Crippen molar-refractivity contribution in [1.29, 1.82) is 0 Å². The monoisotopic (exact) mass is 316 g/mol. The van der Waals surface area contributed by atoms with Gasteiger partial charge in [0.2, 0.25) is 5.91 Å². The molecule has 0 saturated carbocycles. The van der Waals surface area contributed by atoms with Crippen LogP contribution in [0.1, 0.15) is 19.5 Å². The molecule has 2 atom stereocenters. The Hall–Kier alpha value is -1.46. The summed E-state index contributed by atoms with van der Waals surface area (Å²) >= 11 is 0. The molecule has 0 N–H and O–H groups in total. The zero-order valence-electron chi connectivity index (χ0n) is 14.3. The fourth-order valence-electron chi connectivity index (χ4n) is 3.89. The van der Waals surface area contributed by atoms with E-state index >= 15 is 0 Å². The van der Waals surface area contributed by atoms with Gasteiger partial charge in [-0.25, -0.2) is 0 Å². The maximum atomic E-state index is 11.5. The van der Waals surface area contributed by atoms with Gasteiger partial charge < -0.3 is 9.80 Å². The van der Waals surface area contributed by atoms with Crippen LogP contribution < -0.4 is 0 Å². The number of hydrogen-bond donors (Lipinski definition) is 0. The number of hydrogen-bond acceptors (Lipinski definition) is 4.